The van der Waals surface area contributed by atoms with E-state index in [0.29, 0.717) is 49.6 Å². The molecule has 8 nitrogen and oxygen atoms in total. The van der Waals surface area contributed by atoms with Gasteiger partial charge in [0.2, 0.25) is 5.91 Å². The summed E-state index contributed by atoms with van der Waals surface area (Å²) in [6.45, 7) is 3.30. The average molecular weight is 533 g/mol. The number of nitriles is 1. The van der Waals surface area contributed by atoms with Gasteiger partial charge in [-0.3, -0.25) is 9.78 Å². The maximum Gasteiger partial charge on any atom is 0.407 e. The van der Waals surface area contributed by atoms with Gasteiger partial charge in [-0.25, -0.2) is 4.79 Å². The monoisotopic (exact) mass is 532 g/mol. The largest absolute Gasteiger partial charge is 0.494 e. The molecule has 0 saturated carbocycles. The fraction of sp³-hybridized carbons (Fsp3) is 0.379. The first kappa shape index (κ1) is 27.1. The zero-order chi connectivity index (χ0) is 26.7. The number of hydrogen-bond acceptors (Lipinski definition) is 7. The molecule has 0 fully saturated rings. The van der Waals surface area contributed by atoms with Crippen LogP contribution in [0.3, 0.4) is 0 Å². The molecule has 1 aliphatic carbocycles. The van der Waals surface area contributed by atoms with Gasteiger partial charge in [0.25, 0.3) is 0 Å². The van der Waals surface area contributed by atoms with E-state index in [4.69, 9.17) is 9.47 Å². The number of ether oxygens (including phenoxy) is 2. The third-order valence-electron chi connectivity index (χ3n) is 6.48. The van der Waals surface area contributed by atoms with Crippen LogP contribution < -0.4 is 15.4 Å². The smallest absolute Gasteiger partial charge is 0.407 e. The third kappa shape index (κ3) is 7.33. The first-order chi connectivity index (χ1) is 18.6. The Labute approximate surface area is 227 Å². The van der Waals surface area contributed by atoms with Crippen molar-refractivity contribution in [2.24, 2.45) is 5.92 Å². The molecular weight excluding hydrogens is 500 g/mol. The lowest BCUT2D eigenvalue weighted by Crippen LogP contribution is -2.29. The zero-order valence-corrected chi connectivity index (χ0v) is 22.3. The van der Waals surface area contributed by atoms with Gasteiger partial charge in [-0.15, -0.1) is 11.3 Å². The number of rotatable bonds is 11. The summed E-state index contributed by atoms with van der Waals surface area (Å²) >= 11 is 1.46. The molecule has 0 radical (unpaired) electrons. The fourth-order valence-electron chi connectivity index (χ4n) is 4.55. The van der Waals surface area contributed by atoms with Crippen LogP contribution in [0.4, 0.5) is 9.80 Å². The number of aromatic nitrogens is 1. The minimum Gasteiger partial charge on any atom is -0.494 e. The lowest BCUT2D eigenvalue weighted by atomic mass is 9.88. The van der Waals surface area contributed by atoms with Crippen molar-refractivity contribution in [3.05, 3.63) is 75.9 Å². The Hall–Kier alpha value is -3.90. The predicted molar refractivity (Wildman–Crippen MR) is 146 cm³/mol. The SMILES string of the molecule is CCOc1ccccc1CCC(=O)Nc1sc2c(c1C#N)CCC(COC(=O)NCCc1cccnc1)C2. The molecule has 1 atom stereocenters. The van der Waals surface area contributed by atoms with Crippen LogP contribution in [0.15, 0.2) is 48.8 Å². The Morgan fingerprint density at radius 1 is 1.21 bits per heavy atom. The number of hydrogen-bond donors (Lipinski definition) is 2. The van der Waals surface area contributed by atoms with E-state index in [0.717, 1.165) is 46.6 Å². The second-order valence-corrected chi connectivity index (χ2v) is 10.3. The highest BCUT2D eigenvalue weighted by molar-refractivity contribution is 7.16. The van der Waals surface area contributed by atoms with Gasteiger partial charge in [0.15, 0.2) is 0 Å². The first-order valence-electron chi connectivity index (χ1n) is 12.9. The zero-order valence-electron chi connectivity index (χ0n) is 21.5. The normalized spacial score (nSPS) is 14.2. The number of amides is 2. The highest BCUT2D eigenvalue weighted by Gasteiger charge is 2.27. The maximum atomic E-state index is 12.7. The van der Waals surface area contributed by atoms with E-state index in [1.165, 1.54) is 11.3 Å². The number of alkyl carbamates (subject to hydrolysis) is 1. The molecule has 0 bridgehead atoms. The third-order valence-corrected chi connectivity index (χ3v) is 7.65. The topological polar surface area (TPSA) is 113 Å². The van der Waals surface area contributed by atoms with Crippen molar-refractivity contribution in [2.45, 2.75) is 45.4 Å². The Morgan fingerprint density at radius 3 is 2.87 bits per heavy atom. The molecule has 2 heterocycles. The van der Waals surface area contributed by atoms with Gasteiger partial charge >= 0.3 is 6.09 Å². The number of aryl methyl sites for hydroxylation is 1. The number of anilines is 1. The van der Waals surface area contributed by atoms with E-state index in [1.807, 2.05) is 43.3 Å². The first-order valence-corrected chi connectivity index (χ1v) is 13.7. The van der Waals surface area contributed by atoms with Crippen molar-refractivity contribution in [2.75, 3.05) is 25.1 Å². The second kappa shape index (κ2) is 13.6. The van der Waals surface area contributed by atoms with E-state index in [9.17, 15) is 14.9 Å². The lowest BCUT2D eigenvalue weighted by molar-refractivity contribution is -0.116. The Morgan fingerprint density at radius 2 is 2.08 bits per heavy atom. The quantitative estimate of drug-likeness (QED) is 0.357. The Bertz CT molecular complexity index is 1290. The average Bonchev–Trinajstić information content (AvgIpc) is 3.28. The van der Waals surface area contributed by atoms with Crippen molar-refractivity contribution in [3.8, 4) is 11.8 Å². The van der Waals surface area contributed by atoms with Gasteiger partial charge in [0.05, 0.1) is 18.8 Å². The highest BCUT2D eigenvalue weighted by Crippen LogP contribution is 2.39. The summed E-state index contributed by atoms with van der Waals surface area (Å²) in [4.78, 5) is 30.0. The fourth-order valence-corrected chi connectivity index (χ4v) is 5.87. The molecule has 2 amide bonds. The molecule has 4 rings (SSSR count). The number of nitrogens with zero attached hydrogens (tertiary/aromatic N) is 2. The van der Waals surface area contributed by atoms with Crippen LogP contribution in [0, 0.1) is 17.2 Å². The molecule has 9 heteroatoms. The predicted octanol–water partition coefficient (Wildman–Crippen LogP) is 5.06. The maximum absolute atomic E-state index is 12.7. The summed E-state index contributed by atoms with van der Waals surface area (Å²) in [6, 6.07) is 13.8. The standard InChI is InChI=1S/C29H32N4O4S/c1-2-36-25-8-4-3-7-22(25)10-12-27(34)33-28-24(17-30)23-11-9-21(16-26(23)38-28)19-37-29(35)32-15-13-20-6-5-14-31-18-20/h3-8,14,18,21H,2,9-13,15-16,19H2,1H3,(H,32,35)(H,33,34). The van der Waals surface area contributed by atoms with Gasteiger partial charge < -0.3 is 20.1 Å². The van der Waals surface area contributed by atoms with Crippen LogP contribution >= 0.6 is 11.3 Å². The summed E-state index contributed by atoms with van der Waals surface area (Å²) in [7, 11) is 0. The van der Waals surface area contributed by atoms with Crippen LogP contribution in [-0.2, 0) is 35.2 Å². The van der Waals surface area contributed by atoms with E-state index < -0.39 is 6.09 Å². The van der Waals surface area contributed by atoms with Crippen LogP contribution in [0.2, 0.25) is 0 Å². The molecule has 3 aromatic rings. The number of benzene rings is 1. The number of carbonyl (C=O) groups is 2. The van der Waals surface area contributed by atoms with Crippen molar-refractivity contribution < 1.29 is 19.1 Å². The van der Waals surface area contributed by atoms with Crippen molar-refractivity contribution in [3.63, 3.8) is 0 Å². The van der Waals surface area contributed by atoms with Crippen molar-refractivity contribution in [1.82, 2.24) is 10.3 Å². The summed E-state index contributed by atoms with van der Waals surface area (Å²) < 4.78 is 11.1. The number of thiophene rings is 1. The van der Waals surface area contributed by atoms with Gasteiger partial charge in [-0.2, -0.15) is 5.26 Å². The molecule has 1 unspecified atom stereocenters. The van der Waals surface area contributed by atoms with Crippen LogP contribution in [0.25, 0.3) is 0 Å². The Balaban J connectivity index is 1.26. The van der Waals surface area contributed by atoms with Gasteiger partial charge in [-0.05, 0) is 73.8 Å². The number of pyridine rings is 1. The lowest BCUT2D eigenvalue weighted by Gasteiger charge is -2.21. The van der Waals surface area contributed by atoms with Gasteiger partial charge in [0, 0.05) is 30.2 Å². The summed E-state index contributed by atoms with van der Waals surface area (Å²) in [5.41, 5.74) is 3.60. The Kier molecular flexibility index (Phi) is 9.71. The second-order valence-electron chi connectivity index (χ2n) is 9.15. The van der Waals surface area contributed by atoms with E-state index in [1.54, 1.807) is 12.4 Å². The summed E-state index contributed by atoms with van der Waals surface area (Å²) in [5.74, 6) is 0.840. The van der Waals surface area contributed by atoms with Crippen molar-refractivity contribution >= 4 is 28.3 Å². The molecule has 0 saturated heterocycles. The minimum atomic E-state index is -0.428. The molecule has 38 heavy (non-hydrogen) atoms. The summed E-state index contributed by atoms with van der Waals surface area (Å²) in [6.07, 6.45) is 6.87. The van der Waals surface area contributed by atoms with Gasteiger partial charge in [0.1, 0.15) is 16.8 Å². The van der Waals surface area contributed by atoms with E-state index in [2.05, 4.69) is 21.7 Å². The molecule has 1 aliphatic rings. The highest BCUT2D eigenvalue weighted by atomic mass is 32.1. The van der Waals surface area contributed by atoms with Gasteiger partial charge in [-0.1, -0.05) is 24.3 Å². The van der Waals surface area contributed by atoms with E-state index >= 15 is 0 Å². The van der Waals surface area contributed by atoms with Crippen LogP contribution in [0.1, 0.15) is 46.9 Å². The van der Waals surface area contributed by atoms with Crippen LogP contribution in [0.5, 0.6) is 5.75 Å². The molecule has 0 spiro atoms. The van der Waals surface area contributed by atoms with Crippen LogP contribution in [-0.4, -0.2) is 36.7 Å². The number of para-hydroxylation sites is 1. The molecule has 2 aromatic heterocycles. The van der Waals surface area contributed by atoms with Crippen molar-refractivity contribution in [1.29, 1.82) is 5.26 Å². The van der Waals surface area contributed by atoms with E-state index in [-0.39, 0.29) is 11.8 Å². The molecule has 0 aliphatic heterocycles. The molecule has 2 N–H and O–H groups in total. The summed E-state index contributed by atoms with van der Waals surface area (Å²) in [5, 5.41) is 16.1. The minimum absolute atomic E-state index is 0.130. The molecule has 198 valence electrons. The molecule has 1 aromatic carbocycles. The number of nitrogens with one attached hydrogen (secondary N) is 2. The molecular formula is C29H32N4O4S. The number of carbonyl (C=O) groups excluding carboxylic acids is 2. The number of fused-ring (bicyclic) bond motifs is 1.